The minimum Gasteiger partial charge on any atom is -0.207 e. The van der Waals surface area contributed by atoms with Gasteiger partial charge in [0.05, 0.1) is 0 Å². The highest BCUT2D eigenvalue weighted by Crippen LogP contribution is 2.25. The maximum absolute atomic E-state index is 13.2. The lowest BCUT2D eigenvalue weighted by atomic mass is 9.96. The summed E-state index contributed by atoms with van der Waals surface area (Å²) in [6, 6.07) is 13.1. The molecule has 0 aliphatic rings. The van der Waals surface area contributed by atoms with Gasteiger partial charge in [-0.25, -0.2) is 8.78 Å². The van der Waals surface area contributed by atoms with E-state index in [4.69, 9.17) is 0 Å². The van der Waals surface area contributed by atoms with Gasteiger partial charge in [0.1, 0.15) is 11.6 Å². The number of rotatable bonds is 11. The standard InChI is InChI=1S/C24H30F2/c1-2-3-4-5-6-7-8-9-10-11-24(20-12-16-22(25)17-13-20)21-14-18-23(26)19-15-21/h11-19H,2-10H2,1H3. The average molecular weight is 357 g/mol. The van der Waals surface area contributed by atoms with Crippen LogP contribution in [0.2, 0.25) is 0 Å². The molecule has 0 heterocycles. The molecule has 0 aliphatic carbocycles. The summed E-state index contributed by atoms with van der Waals surface area (Å²) in [6.45, 7) is 2.24. The number of hydrogen-bond acceptors (Lipinski definition) is 0. The number of allylic oxidation sites excluding steroid dienone is 1. The first-order valence-corrected chi connectivity index (χ1v) is 9.92. The van der Waals surface area contributed by atoms with Crippen molar-refractivity contribution >= 4 is 5.57 Å². The molecule has 0 bridgehead atoms. The minimum absolute atomic E-state index is 0.240. The Labute approximate surface area is 157 Å². The molecule has 2 heteroatoms. The highest BCUT2D eigenvalue weighted by molar-refractivity contribution is 5.79. The SMILES string of the molecule is CCCCCCCCCCC=C(c1ccc(F)cc1)c1ccc(F)cc1. The number of halogens is 2. The summed E-state index contributed by atoms with van der Waals surface area (Å²) >= 11 is 0. The minimum atomic E-state index is -0.240. The molecule has 0 amide bonds. The molecule has 0 unspecified atom stereocenters. The molecular formula is C24H30F2. The topological polar surface area (TPSA) is 0 Å². The zero-order valence-corrected chi connectivity index (χ0v) is 15.8. The third kappa shape index (κ3) is 7.11. The Balaban J connectivity index is 1.92. The van der Waals surface area contributed by atoms with E-state index >= 15 is 0 Å². The lowest BCUT2D eigenvalue weighted by Gasteiger charge is -2.09. The van der Waals surface area contributed by atoms with Crippen molar-refractivity contribution in [2.24, 2.45) is 0 Å². The van der Waals surface area contributed by atoms with E-state index in [2.05, 4.69) is 13.0 Å². The highest BCUT2D eigenvalue weighted by Gasteiger charge is 2.06. The van der Waals surface area contributed by atoms with Crippen LogP contribution in [0.1, 0.15) is 75.8 Å². The van der Waals surface area contributed by atoms with Crippen molar-refractivity contribution in [3.8, 4) is 0 Å². The highest BCUT2D eigenvalue weighted by atomic mass is 19.1. The maximum atomic E-state index is 13.2. The lowest BCUT2D eigenvalue weighted by molar-refractivity contribution is 0.578. The van der Waals surface area contributed by atoms with Crippen LogP contribution < -0.4 is 0 Å². The van der Waals surface area contributed by atoms with Crippen LogP contribution in [0.4, 0.5) is 8.78 Å². The molecule has 0 aliphatic heterocycles. The van der Waals surface area contributed by atoms with Crippen LogP contribution in [0.5, 0.6) is 0 Å². The second-order valence-corrected chi connectivity index (χ2v) is 6.90. The Bertz CT molecular complexity index is 606. The van der Waals surface area contributed by atoms with Gasteiger partial charge in [-0.15, -0.1) is 0 Å². The fraction of sp³-hybridized carbons (Fsp3) is 0.417. The Kier molecular flexibility index (Phi) is 9.09. The maximum Gasteiger partial charge on any atom is 0.123 e. The van der Waals surface area contributed by atoms with Crippen LogP contribution >= 0.6 is 0 Å². The first-order chi connectivity index (χ1) is 12.7. The molecule has 0 saturated carbocycles. The Morgan fingerprint density at radius 1 is 0.654 bits per heavy atom. The van der Waals surface area contributed by atoms with E-state index in [1.54, 1.807) is 24.3 Å². The molecule has 2 aromatic rings. The van der Waals surface area contributed by atoms with Crippen molar-refractivity contribution in [1.82, 2.24) is 0 Å². The summed E-state index contributed by atoms with van der Waals surface area (Å²) in [5, 5.41) is 0. The molecule has 0 spiro atoms. The third-order valence-electron chi connectivity index (χ3n) is 4.72. The summed E-state index contributed by atoms with van der Waals surface area (Å²) in [6.07, 6.45) is 13.5. The van der Waals surface area contributed by atoms with Crippen LogP contribution in [-0.2, 0) is 0 Å². The summed E-state index contributed by atoms with van der Waals surface area (Å²) in [5.74, 6) is -0.481. The van der Waals surface area contributed by atoms with Crippen LogP contribution in [0.15, 0.2) is 54.6 Å². The monoisotopic (exact) mass is 356 g/mol. The summed E-state index contributed by atoms with van der Waals surface area (Å²) in [7, 11) is 0. The molecule has 0 atom stereocenters. The van der Waals surface area contributed by atoms with Gasteiger partial charge in [0.2, 0.25) is 0 Å². The largest absolute Gasteiger partial charge is 0.207 e. The van der Waals surface area contributed by atoms with Gasteiger partial charge in [0.15, 0.2) is 0 Å². The normalized spacial score (nSPS) is 10.7. The van der Waals surface area contributed by atoms with Gasteiger partial charge in [-0.2, -0.15) is 0 Å². The second-order valence-electron chi connectivity index (χ2n) is 6.90. The molecule has 0 fully saturated rings. The van der Waals surface area contributed by atoms with E-state index in [1.165, 1.54) is 69.2 Å². The molecule has 140 valence electrons. The summed E-state index contributed by atoms with van der Waals surface area (Å²) in [4.78, 5) is 0. The van der Waals surface area contributed by atoms with Gasteiger partial charge >= 0.3 is 0 Å². The van der Waals surface area contributed by atoms with E-state index in [0.29, 0.717) is 0 Å². The predicted octanol–water partition coefficient (Wildman–Crippen LogP) is 7.93. The smallest absolute Gasteiger partial charge is 0.123 e. The van der Waals surface area contributed by atoms with Crippen LogP contribution in [0.25, 0.3) is 5.57 Å². The number of hydrogen-bond donors (Lipinski definition) is 0. The summed E-state index contributed by atoms with van der Waals surface area (Å²) < 4.78 is 26.5. The lowest BCUT2D eigenvalue weighted by Crippen LogP contribution is -1.90. The number of benzene rings is 2. The Morgan fingerprint density at radius 3 is 1.54 bits per heavy atom. The van der Waals surface area contributed by atoms with Gasteiger partial charge in [-0.05, 0) is 53.8 Å². The Hall–Kier alpha value is -1.96. The molecule has 0 nitrogen and oxygen atoms in total. The van der Waals surface area contributed by atoms with Crippen molar-refractivity contribution in [2.75, 3.05) is 0 Å². The molecular weight excluding hydrogens is 326 g/mol. The van der Waals surface area contributed by atoms with Crippen molar-refractivity contribution < 1.29 is 8.78 Å². The van der Waals surface area contributed by atoms with Gasteiger partial charge in [0, 0.05) is 0 Å². The zero-order valence-electron chi connectivity index (χ0n) is 15.8. The van der Waals surface area contributed by atoms with E-state index in [9.17, 15) is 8.78 Å². The fourth-order valence-electron chi connectivity index (χ4n) is 3.19. The van der Waals surface area contributed by atoms with Gasteiger partial charge < -0.3 is 0 Å². The first kappa shape index (κ1) is 20.4. The quantitative estimate of drug-likeness (QED) is 0.359. The van der Waals surface area contributed by atoms with Crippen molar-refractivity contribution in [3.63, 3.8) is 0 Å². The zero-order chi connectivity index (χ0) is 18.6. The van der Waals surface area contributed by atoms with Gasteiger partial charge in [-0.3, -0.25) is 0 Å². The van der Waals surface area contributed by atoms with E-state index in [1.807, 2.05) is 0 Å². The number of unbranched alkanes of at least 4 members (excludes halogenated alkanes) is 8. The molecule has 0 aromatic heterocycles. The molecule has 2 rings (SSSR count). The van der Waals surface area contributed by atoms with Crippen LogP contribution in [-0.4, -0.2) is 0 Å². The van der Waals surface area contributed by atoms with E-state index in [0.717, 1.165) is 29.5 Å². The van der Waals surface area contributed by atoms with Gasteiger partial charge in [0.25, 0.3) is 0 Å². The van der Waals surface area contributed by atoms with E-state index in [-0.39, 0.29) is 11.6 Å². The summed E-state index contributed by atoms with van der Waals surface area (Å²) in [5.41, 5.74) is 2.99. The van der Waals surface area contributed by atoms with Crippen molar-refractivity contribution in [1.29, 1.82) is 0 Å². The van der Waals surface area contributed by atoms with Gasteiger partial charge in [-0.1, -0.05) is 82.2 Å². The Morgan fingerprint density at radius 2 is 1.08 bits per heavy atom. The van der Waals surface area contributed by atoms with Crippen LogP contribution in [0.3, 0.4) is 0 Å². The second kappa shape index (κ2) is 11.6. The molecule has 26 heavy (non-hydrogen) atoms. The van der Waals surface area contributed by atoms with Crippen molar-refractivity contribution in [3.05, 3.63) is 77.4 Å². The molecule has 0 saturated heterocycles. The third-order valence-corrected chi connectivity index (χ3v) is 4.72. The van der Waals surface area contributed by atoms with Crippen molar-refractivity contribution in [2.45, 2.75) is 64.7 Å². The molecule has 0 N–H and O–H groups in total. The molecule has 0 radical (unpaired) electrons. The first-order valence-electron chi connectivity index (χ1n) is 9.92. The molecule has 2 aromatic carbocycles. The average Bonchev–Trinajstić information content (AvgIpc) is 2.65. The van der Waals surface area contributed by atoms with Crippen LogP contribution in [0, 0.1) is 11.6 Å². The fourth-order valence-corrected chi connectivity index (χ4v) is 3.19. The van der Waals surface area contributed by atoms with E-state index < -0.39 is 0 Å². The predicted molar refractivity (Wildman–Crippen MR) is 107 cm³/mol.